The number of benzene rings is 1. The lowest BCUT2D eigenvalue weighted by atomic mass is 9.85. The summed E-state index contributed by atoms with van der Waals surface area (Å²) in [6.07, 6.45) is 0.865. The number of rotatable bonds is 2. The Morgan fingerprint density at radius 1 is 1.07 bits per heavy atom. The summed E-state index contributed by atoms with van der Waals surface area (Å²) >= 11 is 0. The Balaban J connectivity index is 1.91. The summed E-state index contributed by atoms with van der Waals surface area (Å²) in [7, 11) is 4.12. The second kappa shape index (κ2) is 2.86. The molecule has 1 saturated heterocycles. The third-order valence-electron chi connectivity index (χ3n) is 3.32. The first-order valence-corrected chi connectivity index (χ1v) is 5.32. The lowest BCUT2D eigenvalue weighted by Gasteiger charge is -2.17. The number of ether oxygens (including phenoxy) is 1. The van der Waals surface area contributed by atoms with E-state index in [2.05, 4.69) is 50.2 Å². The highest BCUT2D eigenvalue weighted by Crippen LogP contribution is 2.51. The zero-order chi connectivity index (χ0) is 10.6. The van der Waals surface area contributed by atoms with E-state index in [-0.39, 0.29) is 0 Å². The highest BCUT2D eigenvalue weighted by atomic mass is 16.6. The van der Waals surface area contributed by atoms with E-state index in [4.69, 9.17) is 4.74 Å². The first kappa shape index (κ1) is 8.98. The summed E-state index contributed by atoms with van der Waals surface area (Å²) in [5.74, 6) is 0. The number of anilines is 1. The summed E-state index contributed by atoms with van der Waals surface area (Å²) < 4.78 is 5.50. The van der Waals surface area contributed by atoms with Crippen LogP contribution in [0.4, 0.5) is 5.69 Å². The Bertz CT molecular complexity index is 430. The average Bonchev–Trinajstić information content (AvgIpc) is 2.93. The van der Waals surface area contributed by atoms with Crippen LogP contribution in [0.15, 0.2) is 29.8 Å². The molecule has 2 nitrogen and oxygen atoms in total. The Kier molecular flexibility index (Phi) is 1.71. The largest absolute Gasteiger partial charge is 0.378 e. The summed E-state index contributed by atoms with van der Waals surface area (Å²) in [5, 5.41) is 0. The molecule has 0 bridgehead atoms. The van der Waals surface area contributed by atoms with Crippen molar-refractivity contribution in [3.63, 3.8) is 0 Å². The van der Waals surface area contributed by atoms with E-state index in [0.717, 1.165) is 0 Å². The molecule has 0 amide bonds. The Morgan fingerprint density at radius 3 is 2.20 bits per heavy atom. The first-order valence-electron chi connectivity index (χ1n) is 5.32. The monoisotopic (exact) mass is 201 g/mol. The van der Waals surface area contributed by atoms with Crippen molar-refractivity contribution in [1.82, 2.24) is 0 Å². The lowest BCUT2D eigenvalue weighted by Crippen LogP contribution is -2.13. The Labute approximate surface area is 90.2 Å². The summed E-state index contributed by atoms with van der Waals surface area (Å²) in [6.45, 7) is 2.17. The molecule has 0 N–H and O–H groups in total. The molecule has 1 aromatic carbocycles. The van der Waals surface area contributed by atoms with E-state index >= 15 is 0 Å². The smallest absolute Gasteiger partial charge is 0.114 e. The standard InChI is InChI=1S/C13H15NO/c1-8-11(13-12(8)15-13)9-4-6-10(7-5-9)14(2)3/h4-7,12-13H,1-3H3. The van der Waals surface area contributed by atoms with Gasteiger partial charge in [0.1, 0.15) is 12.2 Å². The van der Waals surface area contributed by atoms with Gasteiger partial charge in [0, 0.05) is 19.8 Å². The molecular formula is C13H15NO. The van der Waals surface area contributed by atoms with Gasteiger partial charge < -0.3 is 9.64 Å². The fourth-order valence-corrected chi connectivity index (χ4v) is 2.27. The number of hydrogen-bond donors (Lipinski definition) is 0. The maximum Gasteiger partial charge on any atom is 0.114 e. The van der Waals surface area contributed by atoms with Gasteiger partial charge in [0.2, 0.25) is 0 Å². The molecule has 0 spiro atoms. The molecule has 1 aliphatic carbocycles. The lowest BCUT2D eigenvalue weighted by molar-refractivity contribution is 0.425. The molecule has 2 unspecified atom stereocenters. The summed E-state index contributed by atoms with van der Waals surface area (Å²) in [5.41, 5.74) is 5.38. The van der Waals surface area contributed by atoms with E-state index in [1.807, 2.05) is 0 Å². The van der Waals surface area contributed by atoms with Crippen LogP contribution in [0.2, 0.25) is 0 Å². The SMILES string of the molecule is CC1=C(c2ccc(N(C)C)cc2)C2OC12. The third kappa shape index (κ3) is 1.21. The van der Waals surface area contributed by atoms with Crippen LogP contribution in [0.3, 0.4) is 0 Å². The van der Waals surface area contributed by atoms with Gasteiger partial charge in [0.05, 0.1) is 0 Å². The Morgan fingerprint density at radius 2 is 1.73 bits per heavy atom. The van der Waals surface area contributed by atoms with Crippen molar-refractivity contribution in [2.75, 3.05) is 19.0 Å². The zero-order valence-corrected chi connectivity index (χ0v) is 9.32. The van der Waals surface area contributed by atoms with Crippen LogP contribution in [0.5, 0.6) is 0 Å². The van der Waals surface area contributed by atoms with Crippen molar-refractivity contribution in [2.45, 2.75) is 19.1 Å². The van der Waals surface area contributed by atoms with Crippen molar-refractivity contribution in [3.05, 3.63) is 35.4 Å². The first-order chi connectivity index (χ1) is 7.18. The maximum absolute atomic E-state index is 5.50. The summed E-state index contributed by atoms with van der Waals surface area (Å²) in [4.78, 5) is 2.11. The molecule has 2 atom stereocenters. The van der Waals surface area contributed by atoms with Crippen LogP contribution in [0, 0.1) is 0 Å². The zero-order valence-electron chi connectivity index (χ0n) is 9.32. The number of hydrogen-bond acceptors (Lipinski definition) is 2. The molecule has 78 valence electrons. The number of nitrogens with zero attached hydrogens (tertiary/aromatic N) is 1. The van der Waals surface area contributed by atoms with Gasteiger partial charge in [-0.15, -0.1) is 0 Å². The van der Waals surface area contributed by atoms with E-state index < -0.39 is 0 Å². The van der Waals surface area contributed by atoms with Crippen LogP contribution >= 0.6 is 0 Å². The van der Waals surface area contributed by atoms with Crippen molar-refractivity contribution in [3.8, 4) is 0 Å². The minimum Gasteiger partial charge on any atom is -0.378 e. The minimum absolute atomic E-state index is 0.412. The van der Waals surface area contributed by atoms with Crippen molar-refractivity contribution in [1.29, 1.82) is 0 Å². The predicted molar refractivity (Wildman–Crippen MR) is 62.0 cm³/mol. The van der Waals surface area contributed by atoms with Crippen LogP contribution in [-0.2, 0) is 4.74 Å². The second-order valence-corrected chi connectivity index (χ2v) is 4.52. The predicted octanol–water partition coefficient (Wildman–Crippen LogP) is 2.31. The van der Waals surface area contributed by atoms with Gasteiger partial charge in [-0.1, -0.05) is 12.1 Å². The van der Waals surface area contributed by atoms with Gasteiger partial charge in [-0.25, -0.2) is 0 Å². The highest BCUT2D eigenvalue weighted by Gasteiger charge is 2.53. The molecule has 3 rings (SSSR count). The quantitative estimate of drug-likeness (QED) is 0.682. The third-order valence-corrected chi connectivity index (χ3v) is 3.32. The molecule has 15 heavy (non-hydrogen) atoms. The molecule has 1 heterocycles. The van der Waals surface area contributed by atoms with E-state index in [9.17, 15) is 0 Å². The van der Waals surface area contributed by atoms with Gasteiger partial charge in [-0.05, 0) is 35.8 Å². The second-order valence-electron chi connectivity index (χ2n) is 4.52. The molecule has 0 saturated carbocycles. The van der Waals surface area contributed by atoms with Gasteiger partial charge >= 0.3 is 0 Å². The molecule has 0 aromatic heterocycles. The molecule has 0 radical (unpaired) electrons. The van der Waals surface area contributed by atoms with Crippen molar-refractivity contribution >= 4 is 11.3 Å². The van der Waals surface area contributed by atoms with Crippen LogP contribution in [0.1, 0.15) is 12.5 Å². The minimum atomic E-state index is 0.412. The highest BCUT2D eigenvalue weighted by molar-refractivity contribution is 5.83. The molecule has 2 aliphatic rings. The van der Waals surface area contributed by atoms with E-state index in [0.29, 0.717) is 12.2 Å². The van der Waals surface area contributed by atoms with E-state index in [1.165, 1.54) is 22.4 Å². The number of epoxide rings is 1. The fourth-order valence-electron chi connectivity index (χ4n) is 2.27. The van der Waals surface area contributed by atoms with Crippen LogP contribution in [-0.4, -0.2) is 26.3 Å². The average molecular weight is 201 g/mol. The molecular weight excluding hydrogens is 186 g/mol. The number of fused-ring (bicyclic) bond motifs is 1. The molecule has 1 aromatic rings. The van der Waals surface area contributed by atoms with Gasteiger partial charge in [0.25, 0.3) is 0 Å². The van der Waals surface area contributed by atoms with Crippen LogP contribution < -0.4 is 4.90 Å². The maximum atomic E-state index is 5.50. The molecule has 2 heteroatoms. The molecule has 1 aliphatic heterocycles. The summed E-state index contributed by atoms with van der Waals surface area (Å²) in [6, 6.07) is 8.69. The van der Waals surface area contributed by atoms with Crippen LogP contribution in [0.25, 0.3) is 5.57 Å². The Hall–Kier alpha value is -1.28. The van der Waals surface area contributed by atoms with E-state index in [1.54, 1.807) is 0 Å². The van der Waals surface area contributed by atoms with Gasteiger partial charge in [-0.3, -0.25) is 0 Å². The van der Waals surface area contributed by atoms with Gasteiger partial charge in [0.15, 0.2) is 0 Å². The topological polar surface area (TPSA) is 15.8 Å². The van der Waals surface area contributed by atoms with Crippen molar-refractivity contribution < 1.29 is 4.74 Å². The molecule has 1 fully saturated rings. The van der Waals surface area contributed by atoms with Crippen molar-refractivity contribution in [2.24, 2.45) is 0 Å². The normalized spacial score (nSPS) is 27.1. The van der Waals surface area contributed by atoms with Gasteiger partial charge in [-0.2, -0.15) is 0 Å². The fraction of sp³-hybridized carbons (Fsp3) is 0.385.